The molecule has 0 spiro atoms. The minimum atomic E-state index is 0.148. The molecule has 0 amide bonds. The Kier molecular flexibility index (Phi) is 3.71. The van der Waals surface area contributed by atoms with Crippen molar-refractivity contribution in [1.82, 2.24) is 9.97 Å². The normalized spacial score (nSPS) is 18.4. The molecule has 5 heteroatoms. The van der Waals surface area contributed by atoms with Crippen LogP contribution in [0.25, 0.3) is 0 Å². The summed E-state index contributed by atoms with van der Waals surface area (Å²) in [6.45, 7) is 6.11. The van der Waals surface area contributed by atoms with Crippen LogP contribution in [-0.4, -0.2) is 27.7 Å². The van der Waals surface area contributed by atoms with E-state index in [1.165, 1.54) is 0 Å². The van der Waals surface area contributed by atoms with Crippen molar-refractivity contribution in [1.29, 1.82) is 0 Å². The van der Waals surface area contributed by atoms with Gasteiger partial charge in [0.15, 0.2) is 0 Å². The number of nitrogens with two attached hydrogens (primary N) is 1. The van der Waals surface area contributed by atoms with Crippen LogP contribution in [0.3, 0.4) is 0 Å². The topological polar surface area (TPSA) is 84.1 Å². The first-order valence-electron chi connectivity index (χ1n) is 6.54. The van der Waals surface area contributed by atoms with Crippen molar-refractivity contribution in [2.75, 3.05) is 17.7 Å². The highest BCUT2D eigenvalue weighted by atomic mass is 16.3. The predicted molar refractivity (Wildman–Crippen MR) is 72.5 cm³/mol. The molecule has 1 aliphatic rings. The third kappa shape index (κ3) is 2.72. The first-order chi connectivity index (χ1) is 8.52. The average Bonchev–Trinajstić information content (AvgIpc) is 3.17. The highest BCUT2D eigenvalue weighted by Gasteiger charge is 2.28. The van der Waals surface area contributed by atoms with Gasteiger partial charge in [0, 0.05) is 24.1 Å². The molecule has 2 rings (SSSR count). The molecule has 2 unspecified atom stereocenters. The minimum Gasteiger partial charge on any atom is -0.396 e. The summed E-state index contributed by atoms with van der Waals surface area (Å²) in [7, 11) is 0. The summed E-state index contributed by atoms with van der Waals surface area (Å²) < 4.78 is 0. The molecule has 1 aromatic heterocycles. The number of nitrogen functional groups attached to an aromatic ring is 1. The lowest BCUT2D eigenvalue weighted by atomic mass is 10.1. The maximum atomic E-state index is 9.16. The van der Waals surface area contributed by atoms with E-state index in [1.807, 2.05) is 20.8 Å². The van der Waals surface area contributed by atoms with Crippen LogP contribution in [0.1, 0.15) is 44.0 Å². The Morgan fingerprint density at radius 3 is 2.61 bits per heavy atom. The summed E-state index contributed by atoms with van der Waals surface area (Å²) >= 11 is 0. The number of aliphatic hydroxyl groups excluding tert-OH is 1. The lowest BCUT2D eigenvalue weighted by Crippen LogP contribution is -2.27. The Labute approximate surface area is 108 Å². The van der Waals surface area contributed by atoms with Crippen LogP contribution >= 0.6 is 0 Å². The molecule has 0 saturated heterocycles. The minimum absolute atomic E-state index is 0.148. The van der Waals surface area contributed by atoms with Gasteiger partial charge < -0.3 is 16.2 Å². The van der Waals surface area contributed by atoms with E-state index in [4.69, 9.17) is 10.8 Å². The molecule has 5 nitrogen and oxygen atoms in total. The lowest BCUT2D eigenvalue weighted by Gasteiger charge is -2.21. The third-order valence-electron chi connectivity index (χ3n) is 3.65. The number of nitrogens with one attached hydrogen (secondary N) is 1. The number of aromatic nitrogens is 2. The summed E-state index contributed by atoms with van der Waals surface area (Å²) in [4.78, 5) is 8.91. The second-order valence-electron chi connectivity index (χ2n) is 5.31. The van der Waals surface area contributed by atoms with Gasteiger partial charge in [-0.3, -0.25) is 0 Å². The quantitative estimate of drug-likeness (QED) is 0.740. The van der Waals surface area contributed by atoms with Crippen LogP contribution in [0.4, 0.5) is 11.6 Å². The standard InChI is InChI=1S/C13H22N4O/c1-7(6-18)9(3)15-12-8(2)11(14)16-13(17-12)10-4-5-10/h7,9-10,18H,4-6H2,1-3H3,(H3,14,15,16,17). The fourth-order valence-corrected chi connectivity index (χ4v) is 1.73. The zero-order valence-corrected chi connectivity index (χ0v) is 11.3. The molecule has 0 bridgehead atoms. The van der Waals surface area contributed by atoms with Gasteiger partial charge in [0.1, 0.15) is 17.5 Å². The van der Waals surface area contributed by atoms with Crippen LogP contribution in [0, 0.1) is 12.8 Å². The summed E-state index contributed by atoms with van der Waals surface area (Å²) in [5.74, 6) is 2.86. The zero-order valence-electron chi connectivity index (χ0n) is 11.3. The molecule has 100 valence electrons. The van der Waals surface area contributed by atoms with Gasteiger partial charge in [0.25, 0.3) is 0 Å². The molecule has 1 heterocycles. The van der Waals surface area contributed by atoms with E-state index in [-0.39, 0.29) is 18.6 Å². The Hall–Kier alpha value is -1.36. The lowest BCUT2D eigenvalue weighted by molar-refractivity contribution is 0.226. The van der Waals surface area contributed by atoms with E-state index in [2.05, 4.69) is 15.3 Å². The highest BCUT2D eigenvalue weighted by Crippen LogP contribution is 2.39. The molecule has 4 N–H and O–H groups in total. The molecule has 1 fully saturated rings. The maximum absolute atomic E-state index is 9.16. The fourth-order valence-electron chi connectivity index (χ4n) is 1.73. The van der Waals surface area contributed by atoms with E-state index in [0.717, 1.165) is 30.0 Å². The van der Waals surface area contributed by atoms with E-state index >= 15 is 0 Å². The van der Waals surface area contributed by atoms with Crippen molar-refractivity contribution < 1.29 is 5.11 Å². The molecule has 1 aliphatic carbocycles. The van der Waals surface area contributed by atoms with E-state index in [1.54, 1.807) is 0 Å². The van der Waals surface area contributed by atoms with Gasteiger partial charge in [0.2, 0.25) is 0 Å². The second-order valence-corrected chi connectivity index (χ2v) is 5.31. The molecule has 0 aromatic carbocycles. The smallest absolute Gasteiger partial charge is 0.136 e. The molecular weight excluding hydrogens is 228 g/mol. The van der Waals surface area contributed by atoms with Gasteiger partial charge in [-0.1, -0.05) is 6.92 Å². The molecule has 0 radical (unpaired) electrons. The summed E-state index contributed by atoms with van der Waals surface area (Å²) in [6, 6.07) is 0.148. The molecule has 18 heavy (non-hydrogen) atoms. The number of nitrogens with zero attached hydrogens (tertiary/aromatic N) is 2. The van der Waals surface area contributed by atoms with Crippen molar-refractivity contribution >= 4 is 11.6 Å². The van der Waals surface area contributed by atoms with Gasteiger partial charge in [-0.15, -0.1) is 0 Å². The van der Waals surface area contributed by atoms with Crippen LogP contribution in [0.2, 0.25) is 0 Å². The molecular formula is C13H22N4O. The fraction of sp³-hybridized carbons (Fsp3) is 0.692. The highest BCUT2D eigenvalue weighted by molar-refractivity contribution is 5.55. The number of aliphatic hydroxyl groups is 1. The number of rotatable bonds is 5. The van der Waals surface area contributed by atoms with Gasteiger partial charge in [-0.25, -0.2) is 9.97 Å². The SMILES string of the molecule is Cc1c(N)nc(C2CC2)nc1NC(C)C(C)CO. The molecule has 2 atom stereocenters. The number of hydrogen-bond acceptors (Lipinski definition) is 5. The van der Waals surface area contributed by atoms with Crippen LogP contribution in [0.15, 0.2) is 0 Å². The van der Waals surface area contributed by atoms with E-state index in [0.29, 0.717) is 11.7 Å². The summed E-state index contributed by atoms with van der Waals surface area (Å²) in [5, 5.41) is 12.5. The monoisotopic (exact) mass is 250 g/mol. The maximum Gasteiger partial charge on any atom is 0.136 e. The zero-order chi connectivity index (χ0) is 13.3. The van der Waals surface area contributed by atoms with Gasteiger partial charge in [-0.05, 0) is 32.6 Å². The first-order valence-corrected chi connectivity index (χ1v) is 6.54. The van der Waals surface area contributed by atoms with Crippen molar-refractivity contribution in [3.05, 3.63) is 11.4 Å². The number of hydrogen-bond donors (Lipinski definition) is 3. The number of anilines is 2. The molecule has 0 aliphatic heterocycles. The molecule has 1 saturated carbocycles. The first kappa shape index (κ1) is 13.1. The van der Waals surface area contributed by atoms with Crippen molar-refractivity contribution in [2.24, 2.45) is 5.92 Å². The van der Waals surface area contributed by atoms with Gasteiger partial charge in [0.05, 0.1) is 0 Å². The third-order valence-corrected chi connectivity index (χ3v) is 3.65. The van der Waals surface area contributed by atoms with Gasteiger partial charge in [-0.2, -0.15) is 0 Å². The van der Waals surface area contributed by atoms with Crippen molar-refractivity contribution in [3.8, 4) is 0 Å². The van der Waals surface area contributed by atoms with Crippen molar-refractivity contribution in [2.45, 2.75) is 45.6 Å². The van der Waals surface area contributed by atoms with E-state index < -0.39 is 0 Å². The van der Waals surface area contributed by atoms with Crippen LogP contribution < -0.4 is 11.1 Å². The van der Waals surface area contributed by atoms with Crippen molar-refractivity contribution in [3.63, 3.8) is 0 Å². The van der Waals surface area contributed by atoms with Crippen LogP contribution in [-0.2, 0) is 0 Å². The Bertz CT molecular complexity index is 431. The average molecular weight is 250 g/mol. The second kappa shape index (κ2) is 5.10. The molecule has 1 aromatic rings. The summed E-state index contributed by atoms with van der Waals surface area (Å²) in [6.07, 6.45) is 2.31. The summed E-state index contributed by atoms with van der Waals surface area (Å²) in [5.41, 5.74) is 6.82. The predicted octanol–water partition coefficient (Wildman–Crippen LogP) is 1.67. The Morgan fingerprint density at radius 1 is 1.39 bits per heavy atom. The van der Waals surface area contributed by atoms with Crippen LogP contribution in [0.5, 0.6) is 0 Å². The van der Waals surface area contributed by atoms with Gasteiger partial charge >= 0.3 is 0 Å². The Morgan fingerprint density at radius 2 is 2.06 bits per heavy atom. The largest absolute Gasteiger partial charge is 0.396 e. The van der Waals surface area contributed by atoms with E-state index in [9.17, 15) is 0 Å². The Balaban J connectivity index is 2.20.